The van der Waals surface area contributed by atoms with Crippen LogP contribution in [-0.4, -0.2) is 25.5 Å². The minimum atomic E-state index is -3.15. The van der Waals surface area contributed by atoms with Crippen LogP contribution in [-0.2, 0) is 18.4 Å². The second-order valence-electron chi connectivity index (χ2n) is 5.05. The number of amides is 1. The lowest BCUT2D eigenvalue weighted by molar-refractivity contribution is -0.124. The molecule has 132 valence electrons. The minimum Gasteiger partial charge on any atom is -0.350 e. The lowest BCUT2D eigenvalue weighted by Gasteiger charge is -2.15. The Morgan fingerprint density at radius 1 is 1.33 bits per heavy atom. The molecule has 0 aromatic carbocycles. The predicted octanol–water partition coefficient (Wildman–Crippen LogP) is 3.02. The summed E-state index contributed by atoms with van der Waals surface area (Å²) in [5.41, 5.74) is -1.19. The number of aromatic nitrogens is 4. The summed E-state index contributed by atoms with van der Waals surface area (Å²) < 4.78 is 53.9. The molecular formula is C13H14ClF4N5O. The summed E-state index contributed by atoms with van der Waals surface area (Å²) in [4.78, 5) is 12.1. The van der Waals surface area contributed by atoms with Crippen LogP contribution in [0.2, 0.25) is 5.02 Å². The SMILES string of the molecule is CC(C(=O)NCc1cnn(C)c1)n1nc(C(F)F)c(Cl)c1C(F)F. The molecule has 1 unspecified atom stereocenters. The van der Waals surface area contributed by atoms with E-state index in [1.807, 2.05) is 0 Å². The van der Waals surface area contributed by atoms with E-state index in [2.05, 4.69) is 15.5 Å². The third-order valence-electron chi connectivity index (χ3n) is 3.30. The second-order valence-corrected chi connectivity index (χ2v) is 5.42. The molecular weight excluding hydrogens is 354 g/mol. The van der Waals surface area contributed by atoms with Crippen molar-refractivity contribution in [1.82, 2.24) is 24.9 Å². The summed E-state index contributed by atoms with van der Waals surface area (Å²) in [6.45, 7) is 1.38. The van der Waals surface area contributed by atoms with Crippen molar-refractivity contribution in [1.29, 1.82) is 0 Å². The van der Waals surface area contributed by atoms with E-state index >= 15 is 0 Å². The molecule has 0 fully saturated rings. The fourth-order valence-corrected chi connectivity index (χ4v) is 2.38. The first-order valence-electron chi connectivity index (χ1n) is 6.81. The molecule has 2 rings (SSSR count). The normalized spacial score (nSPS) is 12.9. The molecule has 0 spiro atoms. The van der Waals surface area contributed by atoms with E-state index in [4.69, 9.17) is 11.6 Å². The Morgan fingerprint density at radius 3 is 2.50 bits per heavy atom. The first-order chi connectivity index (χ1) is 11.2. The van der Waals surface area contributed by atoms with Gasteiger partial charge in [0.25, 0.3) is 12.9 Å². The molecule has 1 atom stereocenters. The van der Waals surface area contributed by atoms with Crippen LogP contribution in [0.15, 0.2) is 12.4 Å². The summed E-state index contributed by atoms with van der Waals surface area (Å²) in [5, 5.41) is 8.98. The Balaban J connectivity index is 2.20. The highest BCUT2D eigenvalue weighted by Crippen LogP contribution is 2.36. The lowest BCUT2D eigenvalue weighted by Crippen LogP contribution is -2.32. The number of carbonyl (C=O) groups excluding carboxylic acids is 1. The van der Waals surface area contributed by atoms with Crippen LogP contribution in [0.5, 0.6) is 0 Å². The number of alkyl halides is 4. The summed E-state index contributed by atoms with van der Waals surface area (Å²) in [5.74, 6) is -0.666. The Labute approximate surface area is 139 Å². The number of nitrogens with zero attached hydrogens (tertiary/aromatic N) is 4. The molecule has 0 saturated heterocycles. The van der Waals surface area contributed by atoms with Crippen molar-refractivity contribution in [3.63, 3.8) is 0 Å². The fourth-order valence-electron chi connectivity index (χ4n) is 2.09. The number of hydrogen-bond donors (Lipinski definition) is 1. The zero-order chi connectivity index (χ0) is 18.0. The molecule has 11 heteroatoms. The summed E-state index contributed by atoms with van der Waals surface area (Å²) >= 11 is 5.56. The zero-order valence-corrected chi connectivity index (χ0v) is 13.4. The molecule has 2 heterocycles. The molecule has 1 N–H and O–H groups in total. The smallest absolute Gasteiger partial charge is 0.283 e. The van der Waals surface area contributed by atoms with Gasteiger partial charge >= 0.3 is 0 Å². The molecule has 0 bridgehead atoms. The van der Waals surface area contributed by atoms with Crippen molar-refractivity contribution < 1.29 is 22.4 Å². The van der Waals surface area contributed by atoms with Gasteiger partial charge < -0.3 is 5.32 Å². The van der Waals surface area contributed by atoms with E-state index in [1.165, 1.54) is 17.8 Å². The molecule has 0 aliphatic heterocycles. The molecule has 6 nitrogen and oxygen atoms in total. The Morgan fingerprint density at radius 2 is 2.00 bits per heavy atom. The first-order valence-corrected chi connectivity index (χ1v) is 7.19. The Kier molecular flexibility index (Phi) is 5.47. The van der Waals surface area contributed by atoms with Gasteiger partial charge in [0, 0.05) is 25.4 Å². The van der Waals surface area contributed by atoms with Crippen LogP contribution in [0, 0.1) is 0 Å². The highest BCUT2D eigenvalue weighted by atomic mass is 35.5. The van der Waals surface area contributed by atoms with Crippen LogP contribution in [0.4, 0.5) is 17.6 Å². The average molecular weight is 368 g/mol. The molecule has 1 amide bonds. The first kappa shape index (κ1) is 18.2. The highest BCUT2D eigenvalue weighted by molar-refractivity contribution is 6.32. The maximum absolute atomic E-state index is 13.1. The standard InChI is InChI=1S/C13H14ClF4N5O/c1-6(13(24)19-3-7-4-20-22(2)5-7)23-10(12(17)18)8(14)9(21-23)11(15)16/h4-6,11-12H,3H2,1-2H3,(H,19,24). The maximum Gasteiger partial charge on any atom is 0.283 e. The molecule has 0 saturated carbocycles. The van der Waals surface area contributed by atoms with Gasteiger partial charge in [-0.1, -0.05) is 11.6 Å². The van der Waals surface area contributed by atoms with Crippen LogP contribution >= 0.6 is 11.6 Å². The van der Waals surface area contributed by atoms with Crippen LogP contribution in [0.1, 0.15) is 42.8 Å². The van der Waals surface area contributed by atoms with Crippen molar-refractivity contribution in [2.45, 2.75) is 32.4 Å². The summed E-state index contributed by atoms with van der Waals surface area (Å²) in [6, 6.07) is -1.24. The van der Waals surface area contributed by atoms with E-state index in [0.717, 1.165) is 0 Å². The van der Waals surface area contributed by atoms with Crippen LogP contribution in [0.3, 0.4) is 0 Å². The van der Waals surface area contributed by atoms with E-state index in [-0.39, 0.29) is 6.54 Å². The van der Waals surface area contributed by atoms with Crippen LogP contribution in [0.25, 0.3) is 0 Å². The van der Waals surface area contributed by atoms with E-state index in [9.17, 15) is 22.4 Å². The maximum atomic E-state index is 13.1. The summed E-state index contributed by atoms with van der Waals surface area (Å²) in [7, 11) is 1.69. The molecule has 2 aromatic rings. The number of rotatable bonds is 6. The number of nitrogens with one attached hydrogen (secondary N) is 1. The number of hydrogen-bond acceptors (Lipinski definition) is 3. The van der Waals surface area contributed by atoms with Gasteiger partial charge in [0.1, 0.15) is 17.4 Å². The topological polar surface area (TPSA) is 64.7 Å². The van der Waals surface area contributed by atoms with Gasteiger partial charge in [-0.3, -0.25) is 9.48 Å². The van der Waals surface area contributed by atoms with Crippen molar-refractivity contribution in [3.8, 4) is 0 Å². The van der Waals surface area contributed by atoms with Gasteiger partial charge in [0.05, 0.1) is 11.2 Å². The molecule has 0 radical (unpaired) electrons. The van der Waals surface area contributed by atoms with Gasteiger partial charge in [-0.05, 0) is 6.92 Å². The van der Waals surface area contributed by atoms with Crippen LogP contribution < -0.4 is 5.32 Å². The average Bonchev–Trinajstić information content (AvgIpc) is 3.07. The molecule has 24 heavy (non-hydrogen) atoms. The van der Waals surface area contributed by atoms with E-state index in [0.29, 0.717) is 10.2 Å². The number of aryl methyl sites for hydroxylation is 1. The molecule has 0 aliphatic rings. The van der Waals surface area contributed by atoms with Crippen molar-refractivity contribution in [2.75, 3.05) is 0 Å². The quantitative estimate of drug-likeness (QED) is 0.798. The third kappa shape index (κ3) is 3.69. The van der Waals surface area contributed by atoms with Gasteiger partial charge in [0.2, 0.25) is 5.91 Å². The van der Waals surface area contributed by atoms with Gasteiger partial charge in [0.15, 0.2) is 0 Å². The summed E-state index contributed by atoms with van der Waals surface area (Å²) in [6.07, 6.45) is -3.09. The molecule has 2 aromatic heterocycles. The van der Waals surface area contributed by atoms with Crippen molar-refractivity contribution >= 4 is 17.5 Å². The monoisotopic (exact) mass is 367 g/mol. The van der Waals surface area contributed by atoms with Gasteiger partial charge in [-0.15, -0.1) is 0 Å². The highest BCUT2D eigenvalue weighted by Gasteiger charge is 2.31. The van der Waals surface area contributed by atoms with Crippen molar-refractivity contribution in [2.24, 2.45) is 7.05 Å². The number of carbonyl (C=O) groups is 1. The molecule has 0 aliphatic carbocycles. The van der Waals surface area contributed by atoms with Gasteiger partial charge in [-0.25, -0.2) is 22.2 Å². The largest absolute Gasteiger partial charge is 0.350 e. The Bertz CT molecular complexity index is 730. The van der Waals surface area contributed by atoms with E-state index in [1.54, 1.807) is 13.2 Å². The lowest BCUT2D eigenvalue weighted by atomic mass is 10.2. The van der Waals surface area contributed by atoms with Gasteiger partial charge in [-0.2, -0.15) is 10.2 Å². The number of halogens is 5. The predicted molar refractivity (Wildman–Crippen MR) is 76.9 cm³/mol. The van der Waals surface area contributed by atoms with E-state index < -0.39 is 41.2 Å². The second kappa shape index (κ2) is 7.20. The fraction of sp³-hybridized carbons (Fsp3) is 0.462. The van der Waals surface area contributed by atoms with Crippen molar-refractivity contribution in [3.05, 3.63) is 34.4 Å². The minimum absolute atomic E-state index is 0.109. The third-order valence-corrected chi connectivity index (χ3v) is 3.68. The Hall–Kier alpha value is -2.10. The zero-order valence-electron chi connectivity index (χ0n) is 12.7.